The molecule has 0 heterocycles. The normalized spacial score (nSPS) is 13.0. The molecule has 0 saturated heterocycles. The Morgan fingerprint density at radius 1 is 1.55 bits per heavy atom. The molecule has 0 saturated carbocycles. The highest BCUT2D eigenvalue weighted by Crippen LogP contribution is 1.95. The van der Waals surface area contributed by atoms with Crippen LogP contribution in [0.1, 0.15) is 13.8 Å². The Labute approximate surface area is 65.8 Å². The monoisotopic (exact) mass is 159 g/mol. The van der Waals surface area contributed by atoms with Gasteiger partial charge in [0.25, 0.3) is 0 Å². The number of nitrogens with zero attached hydrogens (tertiary/aromatic N) is 1. The fraction of sp³-hybridized carbons (Fsp3) is 0.714. The molecule has 0 aliphatic heterocycles. The first-order chi connectivity index (χ1) is 5.17. The Balaban J connectivity index is 4.20. The third-order valence-electron chi connectivity index (χ3n) is 1.59. The maximum atomic E-state index is 10.4. The molecule has 0 aliphatic carbocycles. The molecule has 0 spiro atoms. The average molecular weight is 159 g/mol. The van der Waals surface area contributed by atoms with E-state index in [1.165, 1.54) is 0 Å². The largest absolute Gasteiger partial charge is 0.480 e. The number of aldehydes is 1. The molecule has 1 N–H and O–H groups in total. The van der Waals surface area contributed by atoms with Crippen LogP contribution in [0.4, 0.5) is 0 Å². The molecular formula is C7H13NO3. The number of carboxylic acid groups (broad SMARTS) is 1. The Morgan fingerprint density at radius 2 is 2.00 bits per heavy atom. The standard InChI is InChI=1S/C7H13NO3/c1-3-8(4-2)6(5-9)7(10)11/h5-6H,3-4H2,1-2H3,(H,10,11). The smallest absolute Gasteiger partial charge is 0.328 e. The van der Waals surface area contributed by atoms with Crippen molar-refractivity contribution in [2.75, 3.05) is 13.1 Å². The zero-order valence-corrected chi connectivity index (χ0v) is 6.78. The summed E-state index contributed by atoms with van der Waals surface area (Å²) in [5, 5.41) is 8.53. The highest BCUT2D eigenvalue weighted by molar-refractivity contribution is 5.90. The summed E-state index contributed by atoms with van der Waals surface area (Å²) in [5.41, 5.74) is 0. The second-order valence-electron chi connectivity index (χ2n) is 2.14. The summed E-state index contributed by atoms with van der Waals surface area (Å²) in [6.45, 7) is 4.80. The van der Waals surface area contributed by atoms with E-state index < -0.39 is 12.0 Å². The van der Waals surface area contributed by atoms with Gasteiger partial charge in [-0.1, -0.05) is 13.8 Å². The average Bonchev–Trinajstić information content (AvgIpc) is 1.99. The maximum absolute atomic E-state index is 10.4. The lowest BCUT2D eigenvalue weighted by Crippen LogP contribution is -2.42. The molecule has 11 heavy (non-hydrogen) atoms. The van der Waals surface area contributed by atoms with Crippen molar-refractivity contribution in [1.82, 2.24) is 4.90 Å². The van der Waals surface area contributed by atoms with Crippen molar-refractivity contribution in [3.05, 3.63) is 0 Å². The molecule has 0 rings (SSSR count). The van der Waals surface area contributed by atoms with Crippen LogP contribution in [0.3, 0.4) is 0 Å². The van der Waals surface area contributed by atoms with Gasteiger partial charge in [0.1, 0.15) is 6.29 Å². The number of aliphatic carboxylic acids is 1. The molecule has 0 bridgehead atoms. The van der Waals surface area contributed by atoms with Crippen molar-refractivity contribution in [1.29, 1.82) is 0 Å². The minimum absolute atomic E-state index is 0.454. The van der Waals surface area contributed by atoms with Crippen LogP contribution in [0.25, 0.3) is 0 Å². The van der Waals surface area contributed by atoms with Gasteiger partial charge in [-0.25, -0.2) is 0 Å². The second-order valence-corrected chi connectivity index (χ2v) is 2.14. The molecule has 0 radical (unpaired) electrons. The van der Waals surface area contributed by atoms with Crippen LogP contribution in [0, 0.1) is 0 Å². The number of carbonyl (C=O) groups is 2. The van der Waals surface area contributed by atoms with E-state index in [9.17, 15) is 9.59 Å². The van der Waals surface area contributed by atoms with Crippen molar-refractivity contribution in [2.24, 2.45) is 0 Å². The number of rotatable bonds is 5. The fourth-order valence-electron chi connectivity index (χ4n) is 0.917. The topological polar surface area (TPSA) is 57.6 Å². The van der Waals surface area contributed by atoms with E-state index >= 15 is 0 Å². The van der Waals surface area contributed by atoms with Gasteiger partial charge in [0, 0.05) is 0 Å². The summed E-state index contributed by atoms with van der Waals surface area (Å²) in [6.07, 6.45) is 0.454. The van der Waals surface area contributed by atoms with Crippen molar-refractivity contribution >= 4 is 12.3 Å². The van der Waals surface area contributed by atoms with Gasteiger partial charge in [-0.3, -0.25) is 9.69 Å². The molecule has 0 fully saturated rings. The maximum Gasteiger partial charge on any atom is 0.328 e. The van der Waals surface area contributed by atoms with Gasteiger partial charge in [-0.2, -0.15) is 0 Å². The number of carbonyl (C=O) groups excluding carboxylic acids is 1. The number of hydrogen-bond acceptors (Lipinski definition) is 3. The quantitative estimate of drug-likeness (QED) is 0.452. The number of likely N-dealkylation sites (N-methyl/N-ethyl adjacent to an activating group) is 1. The van der Waals surface area contributed by atoms with Gasteiger partial charge in [0.15, 0.2) is 6.04 Å². The van der Waals surface area contributed by atoms with Crippen LogP contribution in [0.15, 0.2) is 0 Å². The van der Waals surface area contributed by atoms with Crippen LogP contribution in [0.2, 0.25) is 0 Å². The van der Waals surface area contributed by atoms with Crippen LogP contribution in [-0.2, 0) is 9.59 Å². The highest BCUT2D eigenvalue weighted by atomic mass is 16.4. The molecule has 1 atom stereocenters. The van der Waals surface area contributed by atoms with Crippen molar-refractivity contribution in [2.45, 2.75) is 19.9 Å². The Kier molecular flexibility index (Phi) is 4.45. The first-order valence-electron chi connectivity index (χ1n) is 3.59. The molecule has 64 valence electrons. The van der Waals surface area contributed by atoms with Crippen LogP contribution in [-0.4, -0.2) is 41.4 Å². The third kappa shape index (κ3) is 2.67. The van der Waals surface area contributed by atoms with E-state index in [0.29, 0.717) is 19.4 Å². The van der Waals surface area contributed by atoms with Crippen LogP contribution in [0.5, 0.6) is 0 Å². The molecule has 0 aromatic rings. The van der Waals surface area contributed by atoms with E-state index in [0.717, 1.165) is 0 Å². The summed E-state index contributed by atoms with van der Waals surface area (Å²) >= 11 is 0. The lowest BCUT2D eigenvalue weighted by molar-refractivity contribution is -0.145. The molecule has 0 aromatic heterocycles. The molecule has 1 unspecified atom stereocenters. The summed E-state index contributed by atoms with van der Waals surface area (Å²) in [7, 11) is 0. The van der Waals surface area contributed by atoms with E-state index in [1.54, 1.807) is 4.90 Å². The number of hydrogen-bond donors (Lipinski definition) is 1. The van der Waals surface area contributed by atoms with Crippen LogP contribution >= 0.6 is 0 Å². The van der Waals surface area contributed by atoms with Gasteiger partial charge in [-0.15, -0.1) is 0 Å². The van der Waals surface area contributed by atoms with E-state index in [-0.39, 0.29) is 0 Å². The lowest BCUT2D eigenvalue weighted by atomic mass is 10.3. The van der Waals surface area contributed by atoms with E-state index in [2.05, 4.69) is 0 Å². The zero-order chi connectivity index (χ0) is 8.85. The Morgan fingerprint density at radius 3 is 2.09 bits per heavy atom. The lowest BCUT2D eigenvalue weighted by Gasteiger charge is -2.20. The first kappa shape index (κ1) is 10.1. The minimum Gasteiger partial charge on any atom is -0.480 e. The summed E-state index contributed by atoms with van der Waals surface area (Å²) in [5.74, 6) is -1.08. The van der Waals surface area contributed by atoms with Gasteiger partial charge in [0.2, 0.25) is 0 Å². The molecule has 0 amide bonds. The fourth-order valence-corrected chi connectivity index (χ4v) is 0.917. The Hall–Kier alpha value is -0.900. The predicted molar refractivity (Wildman–Crippen MR) is 40.4 cm³/mol. The van der Waals surface area contributed by atoms with Gasteiger partial charge < -0.3 is 9.90 Å². The number of carboxylic acids is 1. The van der Waals surface area contributed by atoms with Crippen molar-refractivity contribution in [3.8, 4) is 0 Å². The molecule has 4 heteroatoms. The Bertz CT molecular complexity index is 143. The zero-order valence-electron chi connectivity index (χ0n) is 6.78. The summed E-state index contributed by atoms with van der Waals surface area (Å²) < 4.78 is 0. The van der Waals surface area contributed by atoms with Gasteiger partial charge in [0.05, 0.1) is 0 Å². The minimum atomic E-state index is -1.08. The first-order valence-corrected chi connectivity index (χ1v) is 3.59. The highest BCUT2D eigenvalue weighted by Gasteiger charge is 2.21. The molecule has 4 nitrogen and oxygen atoms in total. The molecular weight excluding hydrogens is 146 g/mol. The summed E-state index contributed by atoms with van der Waals surface area (Å²) in [4.78, 5) is 22.3. The van der Waals surface area contributed by atoms with Crippen molar-refractivity contribution in [3.63, 3.8) is 0 Å². The van der Waals surface area contributed by atoms with E-state index in [4.69, 9.17) is 5.11 Å². The van der Waals surface area contributed by atoms with E-state index in [1.807, 2.05) is 13.8 Å². The third-order valence-corrected chi connectivity index (χ3v) is 1.59. The van der Waals surface area contributed by atoms with Gasteiger partial charge >= 0.3 is 5.97 Å². The van der Waals surface area contributed by atoms with Crippen molar-refractivity contribution < 1.29 is 14.7 Å². The summed E-state index contributed by atoms with van der Waals surface area (Å²) in [6, 6.07) is -0.981. The molecule has 0 aromatic carbocycles. The second kappa shape index (κ2) is 4.85. The van der Waals surface area contributed by atoms with Gasteiger partial charge in [-0.05, 0) is 13.1 Å². The SMILES string of the molecule is CCN(CC)C(C=O)C(=O)O. The molecule has 0 aliphatic rings. The van der Waals surface area contributed by atoms with Crippen LogP contribution < -0.4 is 0 Å². The predicted octanol–water partition coefficient (Wildman–Crippen LogP) is -0.0197.